The summed E-state index contributed by atoms with van der Waals surface area (Å²) in [5, 5.41) is 1.24. The Bertz CT molecular complexity index is 1140. The van der Waals surface area contributed by atoms with Crippen LogP contribution < -0.4 is 9.64 Å². The summed E-state index contributed by atoms with van der Waals surface area (Å²) in [7, 11) is 0. The third-order valence-electron chi connectivity index (χ3n) is 5.87. The number of alkyl halides is 3. The Labute approximate surface area is 190 Å². The zero-order valence-electron chi connectivity index (χ0n) is 18.4. The standard InChI is InChI=1S/C24H25ClF3N3O/c1-14(2)32-21-20(25)17-12-15(6-8-18(17)30-22(21)31-10-5-11-31)23(3,4)16-7-9-19(29-13-16)24(26,27)28/h6-9,12-14H,5,10-11H2,1-4H3. The minimum atomic E-state index is -4.47. The van der Waals surface area contributed by atoms with Gasteiger partial charge in [-0.15, -0.1) is 0 Å². The van der Waals surface area contributed by atoms with Crippen LogP contribution >= 0.6 is 11.6 Å². The molecule has 1 aliphatic rings. The molecule has 0 spiro atoms. The Kier molecular flexibility index (Phi) is 5.74. The summed E-state index contributed by atoms with van der Waals surface area (Å²) in [6.45, 7) is 9.60. The number of nitrogens with zero attached hydrogens (tertiary/aromatic N) is 3. The van der Waals surface area contributed by atoms with Crippen LogP contribution in [0.1, 0.15) is 50.9 Å². The van der Waals surface area contributed by atoms with E-state index in [4.69, 9.17) is 21.3 Å². The van der Waals surface area contributed by atoms with Crippen LogP contribution in [0.2, 0.25) is 5.02 Å². The monoisotopic (exact) mass is 463 g/mol. The first-order chi connectivity index (χ1) is 15.0. The van der Waals surface area contributed by atoms with E-state index in [9.17, 15) is 13.2 Å². The molecule has 0 bridgehead atoms. The number of anilines is 1. The molecule has 0 N–H and O–H groups in total. The molecular formula is C24H25ClF3N3O. The van der Waals surface area contributed by atoms with Gasteiger partial charge in [-0.3, -0.25) is 4.98 Å². The van der Waals surface area contributed by atoms with Crippen molar-refractivity contribution in [3.8, 4) is 5.75 Å². The molecule has 3 aromatic rings. The van der Waals surface area contributed by atoms with Crippen LogP contribution in [0.15, 0.2) is 36.5 Å². The van der Waals surface area contributed by atoms with Crippen LogP contribution in [0.25, 0.3) is 10.9 Å². The predicted octanol–water partition coefficient (Wildman–Crippen LogP) is 6.63. The molecule has 2 aromatic heterocycles. The normalized spacial score (nSPS) is 14.7. The van der Waals surface area contributed by atoms with Crippen molar-refractivity contribution in [3.05, 3.63) is 58.4 Å². The smallest absolute Gasteiger partial charge is 0.433 e. The van der Waals surface area contributed by atoms with E-state index in [0.717, 1.165) is 47.9 Å². The van der Waals surface area contributed by atoms with Gasteiger partial charge in [0.15, 0.2) is 11.6 Å². The maximum absolute atomic E-state index is 12.9. The Morgan fingerprint density at radius 2 is 1.75 bits per heavy atom. The summed E-state index contributed by atoms with van der Waals surface area (Å²) in [6, 6.07) is 8.26. The van der Waals surface area contributed by atoms with Gasteiger partial charge in [-0.25, -0.2) is 4.98 Å². The zero-order valence-corrected chi connectivity index (χ0v) is 19.2. The molecule has 4 rings (SSSR count). The second-order valence-electron chi connectivity index (χ2n) is 8.87. The lowest BCUT2D eigenvalue weighted by Crippen LogP contribution is -2.38. The van der Waals surface area contributed by atoms with Gasteiger partial charge in [0, 0.05) is 30.1 Å². The van der Waals surface area contributed by atoms with Crippen molar-refractivity contribution in [2.45, 2.75) is 51.8 Å². The summed E-state index contributed by atoms with van der Waals surface area (Å²) in [4.78, 5) is 10.6. The van der Waals surface area contributed by atoms with Gasteiger partial charge in [-0.1, -0.05) is 37.6 Å². The molecule has 0 saturated carbocycles. The summed E-state index contributed by atoms with van der Waals surface area (Å²) in [5.41, 5.74) is 0.811. The third-order valence-corrected chi connectivity index (χ3v) is 6.24. The van der Waals surface area contributed by atoms with E-state index in [2.05, 4.69) is 9.88 Å². The fraction of sp³-hybridized carbons (Fsp3) is 0.417. The fourth-order valence-electron chi connectivity index (χ4n) is 3.76. The zero-order chi connectivity index (χ0) is 23.3. The lowest BCUT2D eigenvalue weighted by molar-refractivity contribution is -0.141. The summed E-state index contributed by atoms with van der Waals surface area (Å²) < 4.78 is 44.8. The third kappa shape index (κ3) is 4.10. The van der Waals surface area contributed by atoms with E-state index in [0.29, 0.717) is 16.3 Å². The Morgan fingerprint density at radius 1 is 1.06 bits per heavy atom. The van der Waals surface area contributed by atoms with Gasteiger partial charge in [0.2, 0.25) is 0 Å². The molecular weight excluding hydrogens is 439 g/mol. The average molecular weight is 464 g/mol. The van der Waals surface area contributed by atoms with E-state index >= 15 is 0 Å². The number of rotatable bonds is 5. The Morgan fingerprint density at radius 3 is 2.28 bits per heavy atom. The van der Waals surface area contributed by atoms with Gasteiger partial charge in [0.05, 0.1) is 16.6 Å². The molecule has 170 valence electrons. The number of halogens is 4. The van der Waals surface area contributed by atoms with Gasteiger partial charge in [-0.2, -0.15) is 13.2 Å². The van der Waals surface area contributed by atoms with Gasteiger partial charge in [-0.05, 0) is 49.6 Å². The topological polar surface area (TPSA) is 38.2 Å². The maximum Gasteiger partial charge on any atom is 0.433 e. The number of hydrogen-bond donors (Lipinski definition) is 0. The van der Waals surface area contributed by atoms with Crippen molar-refractivity contribution < 1.29 is 17.9 Å². The highest BCUT2D eigenvalue weighted by Crippen LogP contribution is 2.43. The molecule has 1 saturated heterocycles. The van der Waals surface area contributed by atoms with Crippen molar-refractivity contribution in [2.75, 3.05) is 18.0 Å². The molecule has 0 amide bonds. The van der Waals surface area contributed by atoms with Gasteiger partial charge in [0.1, 0.15) is 5.69 Å². The molecule has 0 aliphatic carbocycles. The van der Waals surface area contributed by atoms with E-state index in [1.165, 1.54) is 12.3 Å². The number of pyridine rings is 2. The molecule has 8 heteroatoms. The van der Waals surface area contributed by atoms with Crippen molar-refractivity contribution in [1.82, 2.24) is 9.97 Å². The number of aromatic nitrogens is 2. The van der Waals surface area contributed by atoms with Crippen LogP contribution in [0.4, 0.5) is 19.0 Å². The lowest BCUT2D eigenvalue weighted by Gasteiger charge is -2.34. The fourth-order valence-corrected chi connectivity index (χ4v) is 4.04. The molecule has 3 heterocycles. The predicted molar refractivity (Wildman–Crippen MR) is 121 cm³/mol. The minimum absolute atomic E-state index is 0.0652. The summed E-state index contributed by atoms with van der Waals surface area (Å²) >= 11 is 6.83. The average Bonchev–Trinajstić information content (AvgIpc) is 2.68. The molecule has 32 heavy (non-hydrogen) atoms. The van der Waals surface area contributed by atoms with Crippen molar-refractivity contribution in [3.63, 3.8) is 0 Å². The van der Waals surface area contributed by atoms with Crippen LogP contribution in [0, 0.1) is 0 Å². The number of hydrogen-bond acceptors (Lipinski definition) is 4. The molecule has 1 fully saturated rings. The van der Waals surface area contributed by atoms with Crippen LogP contribution in [-0.4, -0.2) is 29.2 Å². The van der Waals surface area contributed by atoms with E-state index < -0.39 is 17.3 Å². The van der Waals surface area contributed by atoms with Gasteiger partial charge >= 0.3 is 6.18 Å². The Hall–Kier alpha value is -2.54. The van der Waals surface area contributed by atoms with E-state index in [-0.39, 0.29) is 6.10 Å². The second kappa shape index (κ2) is 8.10. The number of benzene rings is 1. The number of ether oxygens (including phenoxy) is 1. The highest BCUT2D eigenvalue weighted by Gasteiger charge is 2.33. The maximum atomic E-state index is 12.9. The van der Waals surface area contributed by atoms with Gasteiger partial charge < -0.3 is 9.64 Å². The van der Waals surface area contributed by atoms with Crippen molar-refractivity contribution in [1.29, 1.82) is 0 Å². The minimum Gasteiger partial charge on any atom is -0.486 e. The highest BCUT2D eigenvalue weighted by atomic mass is 35.5. The molecule has 0 radical (unpaired) electrons. The van der Waals surface area contributed by atoms with Crippen LogP contribution in [0.3, 0.4) is 0 Å². The van der Waals surface area contributed by atoms with E-state index in [1.807, 2.05) is 45.9 Å². The molecule has 0 unspecified atom stereocenters. The first-order valence-electron chi connectivity index (χ1n) is 10.6. The highest BCUT2D eigenvalue weighted by molar-refractivity contribution is 6.37. The first kappa shape index (κ1) is 22.6. The van der Waals surface area contributed by atoms with Gasteiger partial charge in [0.25, 0.3) is 0 Å². The largest absolute Gasteiger partial charge is 0.486 e. The molecule has 0 atom stereocenters. The van der Waals surface area contributed by atoms with Crippen LogP contribution in [-0.2, 0) is 11.6 Å². The van der Waals surface area contributed by atoms with Crippen molar-refractivity contribution >= 4 is 28.3 Å². The Balaban J connectivity index is 1.79. The SMILES string of the molecule is CC(C)Oc1c(N2CCC2)nc2ccc(C(C)(C)c3ccc(C(F)(F)F)nc3)cc2c1Cl. The van der Waals surface area contributed by atoms with Crippen molar-refractivity contribution in [2.24, 2.45) is 0 Å². The molecule has 1 aromatic carbocycles. The quantitative estimate of drug-likeness (QED) is 0.426. The number of fused-ring (bicyclic) bond motifs is 1. The first-order valence-corrected chi connectivity index (χ1v) is 11.0. The second-order valence-corrected chi connectivity index (χ2v) is 9.25. The van der Waals surface area contributed by atoms with Crippen LogP contribution in [0.5, 0.6) is 5.75 Å². The summed E-state index contributed by atoms with van der Waals surface area (Å²) in [5.74, 6) is 1.32. The van der Waals surface area contributed by atoms with E-state index in [1.54, 1.807) is 0 Å². The molecule has 1 aliphatic heterocycles. The molecule has 4 nitrogen and oxygen atoms in total. The lowest BCUT2D eigenvalue weighted by atomic mass is 9.78. The summed E-state index contributed by atoms with van der Waals surface area (Å²) in [6.07, 6.45) is -2.14.